The molecule has 0 saturated carbocycles. The highest BCUT2D eigenvalue weighted by Crippen LogP contribution is 2.26. The second kappa shape index (κ2) is 3.14. The van der Waals surface area contributed by atoms with Crippen LogP contribution >= 0.6 is 0 Å². The molecular weight excluding hydrogens is 182 g/mol. The van der Waals surface area contributed by atoms with Gasteiger partial charge in [-0.25, -0.2) is 4.79 Å². The van der Waals surface area contributed by atoms with Crippen LogP contribution in [0.15, 0.2) is 24.3 Å². The molecule has 1 aromatic rings. The van der Waals surface area contributed by atoms with Gasteiger partial charge in [-0.2, -0.15) is 0 Å². The lowest BCUT2D eigenvalue weighted by atomic mass is 10.0. The molecule has 1 aliphatic heterocycles. The molecule has 0 radical (unpaired) electrons. The van der Waals surface area contributed by atoms with E-state index in [1.165, 1.54) is 4.90 Å². The van der Waals surface area contributed by atoms with E-state index in [9.17, 15) is 9.59 Å². The normalized spacial score (nSPS) is 15.1. The van der Waals surface area contributed by atoms with Crippen LogP contribution in [-0.2, 0) is 0 Å². The number of nitrogens with zero attached hydrogens (tertiary/aromatic N) is 1. The van der Waals surface area contributed by atoms with Crippen molar-refractivity contribution in [2.24, 2.45) is 0 Å². The topological polar surface area (TPSA) is 57.6 Å². The number of hydrogen-bond acceptors (Lipinski definition) is 2. The molecule has 0 aromatic heterocycles. The van der Waals surface area contributed by atoms with E-state index in [1.807, 2.05) is 0 Å². The third-order valence-electron chi connectivity index (χ3n) is 2.29. The van der Waals surface area contributed by atoms with Crippen molar-refractivity contribution in [2.45, 2.75) is 6.42 Å². The summed E-state index contributed by atoms with van der Waals surface area (Å²) < 4.78 is 0. The minimum absolute atomic E-state index is 0.0121. The highest BCUT2D eigenvalue weighted by molar-refractivity contribution is 6.07. The van der Waals surface area contributed by atoms with Gasteiger partial charge in [-0.1, -0.05) is 12.1 Å². The van der Waals surface area contributed by atoms with Crippen LogP contribution in [0.5, 0.6) is 0 Å². The molecule has 1 N–H and O–H groups in total. The zero-order valence-electron chi connectivity index (χ0n) is 7.43. The lowest BCUT2D eigenvalue weighted by Gasteiger charge is -2.25. The van der Waals surface area contributed by atoms with Gasteiger partial charge >= 0.3 is 6.09 Å². The predicted molar refractivity (Wildman–Crippen MR) is 50.8 cm³/mol. The molecule has 1 heterocycles. The molecular formula is C10H9NO3. The average molecular weight is 191 g/mol. The summed E-state index contributed by atoms with van der Waals surface area (Å²) in [5.74, 6) is 0.0121. The first-order valence-electron chi connectivity index (χ1n) is 4.33. The summed E-state index contributed by atoms with van der Waals surface area (Å²) in [5.41, 5.74) is 0.998. The van der Waals surface area contributed by atoms with Gasteiger partial charge in [-0.05, 0) is 12.1 Å². The Labute approximate surface area is 80.8 Å². The molecule has 2 rings (SSSR count). The molecule has 1 aliphatic rings. The van der Waals surface area contributed by atoms with Crippen LogP contribution in [0.2, 0.25) is 0 Å². The number of hydrogen-bond donors (Lipinski definition) is 1. The molecule has 1 aromatic carbocycles. The Morgan fingerprint density at radius 1 is 1.36 bits per heavy atom. The maximum atomic E-state index is 11.4. The summed E-state index contributed by atoms with van der Waals surface area (Å²) in [4.78, 5) is 23.5. The number of para-hydroxylation sites is 1. The molecule has 0 atom stereocenters. The van der Waals surface area contributed by atoms with Gasteiger partial charge in [0.15, 0.2) is 5.78 Å². The van der Waals surface area contributed by atoms with E-state index in [0.717, 1.165) is 0 Å². The van der Waals surface area contributed by atoms with Crippen molar-refractivity contribution in [3.05, 3.63) is 29.8 Å². The quantitative estimate of drug-likeness (QED) is 0.679. The largest absolute Gasteiger partial charge is 0.465 e. The van der Waals surface area contributed by atoms with Crippen LogP contribution in [0.25, 0.3) is 0 Å². The molecule has 4 heteroatoms. The fourth-order valence-corrected chi connectivity index (χ4v) is 1.61. The Hall–Kier alpha value is -1.84. The number of benzene rings is 1. The molecule has 1 amide bonds. The van der Waals surface area contributed by atoms with Crippen molar-refractivity contribution in [1.29, 1.82) is 0 Å². The number of ketones is 1. The number of carboxylic acid groups (broad SMARTS) is 1. The minimum Gasteiger partial charge on any atom is -0.465 e. The van der Waals surface area contributed by atoms with Gasteiger partial charge in [0.1, 0.15) is 0 Å². The number of carbonyl (C=O) groups excluding carboxylic acids is 1. The SMILES string of the molecule is O=C1CCN(C(=O)O)c2ccccc21. The van der Waals surface area contributed by atoms with Crippen molar-refractivity contribution < 1.29 is 14.7 Å². The first-order valence-corrected chi connectivity index (χ1v) is 4.33. The zero-order chi connectivity index (χ0) is 10.1. The van der Waals surface area contributed by atoms with Gasteiger partial charge < -0.3 is 5.11 Å². The summed E-state index contributed by atoms with van der Waals surface area (Å²) in [6.45, 7) is 0.255. The van der Waals surface area contributed by atoms with Crippen molar-refractivity contribution >= 4 is 17.6 Å². The molecule has 0 aliphatic carbocycles. The number of Topliss-reactive ketones (excluding diaryl/α,β-unsaturated/α-hetero) is 1. The number of amides is 1. The molecule has 0 spiro atoms. The van der Waals surface area contributed by atoms with Crippen LogP contribution in [0.1, 0.15) is 16.8 Å². The number of carbonyl (C=O) groups is 2. The highest BCUT2D eigenvalue weighted by Gasteiger charge is 2.26. The summed E-state index contributed by atoms with van der Waals surface area (Å²) in [6.07, 6.45) is -0.742. The lowest BCUT2D eigenvalue weighted by Crippen LogP contribution is -2.36. The van der Waals surface area contributed by atoms with E-state index >= 15 is 0 Å². The molecule has 14 heavy (non-hydrogen) atoms. The summed E-state index contributed by atoms with van der Waals surface area (Å²) in [6, 6.07) is 6.78. The Balaban J connectivity index is 2.52. The van der Waals surface area contributed by atoms with Gasteiger partial charge in [0, 0.05) is 18.5 Å². The third kappa shape index (κ3) is 1.25. The molecule has 0 bridgehead atoms. The summed E-state index contributed by atoms with van der Waals surface area (Å²) in [7, 11) is 0. The van der Waals surface area contributed by atoms with Crippen molar-refractivity contribution in [1.82, 2.24) is 0 Å². The number of fused-ring (bicyclic) bond motifs is 1. The zero-order valence-corrected chi connectivity index (χ0v) is 7.43. The van der Waals surface area contributed by atoms with Crippen molar-refractivity contribution in [3.63, 3.8) is 0 Å². The van der Waals surface area contributed by atoms with Gasteiger partial charge in [0.25, 0.3) is 0 Å². The van der Waals surface area contributed by atoms with Crippen LogP contribution in [0, 0.1) is 0 Å². The van der Waals surface area contributed by atoms with Crippen molar-refractivity contribution in [3.8, 4) is 0 Å². The van der Waals surface area contributed by atoms with Crippen LogP contribution in [-0.4, -0.2) is 23.5 Å². The van der Waals surface area contributed by atoms with E-state index < -0.39 is 6.09 Å². The van der Waals surface area contributed by atoms with Gasteiger partial charge in [-0.3, -0.25) is 9.69 Å². The fourth-order valence-electron chi connectivity index (χ4n) is 1.61. The van der Waals surface area contributed by atoms with E-state index in [0.29, 0.717) is 11.3 Å². The fraction of sp³-hybridized carbons (Fsp3) is 0.200. The van der Waals surface area contributed by atoms with Crippen LogP contribution in [0.3, 0.4) is 0 Å². The van der Waals surface area contributed by atoms with Gasteiger partial charge in [0.2, 0.25) is 0 Å². The maximum Gasteiger partial charge on any atom is 0.411 e. The Bertz CT molecular complexity index is 400. The highest BCUT2D eigenvalue weighted by atomic mass is 16.4. The van der Waals surface area contributed by atoms with E-state index in [1.54, 1.807) is 24.3 Å². The number of anilines is 1. The Morgan fingerprint density at radius 3 is 2.79 bits per heavy atom. The molecule has 4 nitrogen and oxygen atoms in total. The van der Waals surface area contributed by atoms with E-state index in [2.05, 4.69) is 0 Å². The third-order valence-corrected chi connectivity index (χ3v) is 2.29. The Morgan fingerprint density at radius 2 is 2.07 bits per heavy atom. The summed E-state index contributed by atoms with van der Waals surface area (Å²) >= 11 is 0. The smallest absolute Gasteiger partial charge is 0.411 e. The average Bonchev–Trinajstić information content (AvgIpc) is 2.18. The molecule has 72 valence electrons. The lowest BCUT2D eigenvalue weighted by molar-refractivity contribution is 0.0980. The minimum atomic E-state index is -1.01. The first-order chi connectivity index (χ1) is 6.70. The van der Waals surface area contributed by atoms with Crippen LogP contribution in [0.4, 0.5) is 10.5 Å². The predicted octanol–water partition coefficient (Wildman–Crippen LogP) is 1.76. The first kappa shape index (κ1) is 8.74. The van der Waals surface area contributed by atoms with Gasteiger partial charge in [0.05, 0.1) is 5.69 Å². The maximum absolute atomic E-state index is 11.4. The number of rotatable bonds is 0. The second-order valence-corrected chi connectivity index (χ2v) is 3.12. The van der Waals surface area contributed by atoms with Gasteiger partial charge in [-0.15, -0.1) is 0 Å². The van der Waals surface area contributed by atoms with Crippen LogP contribution < -0.4 is 4.90 Å². The second-order valence-electron chi connectivity index (χ2n) is 3.12. The van der Waals surface area contributed by atoms with E-state index in [-0.39, 0.29) is 18.7 Å². The molecule has 0 fully saturated rings. The standard InChI is InChI=1S/C10H9NO3/c12-9-5-6-11(10(13)14)8-4-2-1-3-7(8)9/h1-4H,5-6H2,(H,13,14). The Kier molecular flexibility index (Phi) is 1.96. The van der Waals surface area contributed by atoms with Crippen molar-refractivity contribution in [2.75, 3.05) is 11.4 Å². The molecule has 0 unspecified atom stereocenters. The monoisotopic (exact) mass is 191 g/mol. The van der Waals surface area contributed by atoms with E-state index in [4.69, 9.17) is 5.11 Å². The summed E-state index contributed by atoms with van der Waals surface area (Å²) in [5, 5.41) is 8.89. The molecule has 0 saturated heterocycles.